The van der Waals surface area contributed by atoms with E-state index in [4.69, 9.17) is 11.6 Å². The number of benzene rings is 1. The van der Waals surface area contributed by atoms with Gasteiger partial charge in [-0.2, -0.15) is 0 Å². The molecule has 3 rings (SSSR count). The van der Waals surface area contributed by atoms with Gasteiger partial charge in [-0.25, -0.2) is 4.39 Å². The van der Waals surface area contributed by atoms with Crippen LogP contribution in [-0.4, -0.2) is 35.0 Å². The summed E-state index contributed by atoms with van der Waals surface area (Å²) in [4.78, 5) is 25.3. The Morgan fingerprint density at radius 3 is 2.77 bits per heavy atom. The van der Waals surface area contributed by atoms with Crippen LogP contribution >= 0.6 is 11.6 Å². The van der Waals surface area contributed by atoms with Crippen molar-refractivity contribution in [3.05, 3.63) is 34.6 Å². The number of carboxylic acids is 1. The monoisotopic (exact) mass is 325 g/mol. The zero-order chi connectivity index (χ0) is 16.1. The predicted octanol–water partition coefficient (Wildman–Crippen LogP) is 2.91. The van der Waals surface area contributed by atoms with E-state index >= 15 is 0 Å². The number of aliphatic carboxylic acids is 1. The van der Waals surface area contributed by atoms with Gasteiger partial charge in [0.2, 0.25) is 5.91 Å². The number of nitrogens with zero attached hydrogens (tertiary/aromatic N) is 1. The van der Waals surface area contributed by atoms with Crippen LogP contribution in [0.3, 0.4) is 0 Å². The van der Waals surface area contributed by atoms with Crippen molar-refractivity contribution in [2.45, 2.75) is 25.7 Å². The van der Waals surface area contributed by atoms with Crippen molar-refractivity contribution in [1.29, 1.82) is 0 Å². The molecule has 3 atom stereocenters. The summed E-state index contributed by atoms with van der Waals surface area (Å²) in [6, 6.07) is 4.51. The second kappa shape index (κ2) is 5.23. The van der Waals surface area contributed by atoms with E-state index in [0.717, 1.165) is 0 Å². The Morgan fingerprint density at radius 1 is 1.45 bits per heavy atom. The smallest absolute Gasteiger partial charge is 0.311 e. The minimum absolute atomic E-state index is 0.0886. The SMILES string of the molecule is CC1(C(=O)O)CCN(C(=O)C2CC2c2c(F)cccc2Cl)C1. The lowest BCUT2D eigenvalue weighted by Crippen LogP contribution is -2.35. The highest BCUT2D eigenvalue weighted by atomic mass is 35.5. The lowest BCUT2D eigenvalue weighted by molar-refractivity contribution is -0.147. The number of likely N-dealkylation sites (tertiary alicyclic amines) is 1. The quantitative estimate of drug-likeness (QED) is 0.929. The zero-order valence-corrected chi connectivity index (χ0v) is 12.9. The average Bonchev–Trinajstić information content (AvgIpc) is 3.12. The summed E-state index contributed by atoms with van der Waals surface area (Å²) >= 11 is 6.04. The molecule has 1 heterocycles. The van der Waals surface area contributed by atoms with Crippen molar-refractivity contribution in [2.24, 2.45) is 11.3 Å². The Hall–Kier alpha value is -1.62. The van der Waals surface area contributed by atoms with E-state index in [1.165, 1.54) is 6.07 Å². The third-order valence-corrected chi connectivity index (χ3v) is 5.11. The number of halogens is 2. The van der Waals surface area contributed by atoms with Gasteiger partial charge in [0, 0.05) is 35.5 Å². The molecule has 1 amide bonds. The van der Waals surface area contributed by atoms with E-state index in [1.807, 2.05) is 0 Å². The maximum atomic E-state index is 13.9. The number of hydrogen-bond acceptors (Lipinski definition) is 2. The number of hydrogen-bond donors (Lipinski definition) is 1. The summed E-state index contributed by atoms with van der Waals surface area (Å²) in [7, 11) is 0. The lowest BCUT2D eigenvalue weighted by atomic mass is 9.90. The molecule has 0 radical (unpaired) electrons. The van der Waals surface area contributed by atoms with Crippen molar-refractivity contribution in [3.63, 3.8) is 0 Å². The molecule has 0 aromatic heterocycles. The van der Waals surface area contributed by atoms with Crippen LogP contribution in [0.4, 0.5) is 4.39 Å². The highest BCUT2D eigenvalue weighted by molar-refractivity contribution is 6.31. The van der Waals surface area contributed by atoms with Gasteiger partial charge in [0.05, 0.1) is 5.41 Å². The third kappa shape index (κ3) is 2.47. The molecule has 0 bridgehead atoms. The third-order valence-electron chi connectivity index (χ3n) is 4.78. The Labute approximate surface area is 132 Å². The molecule has 4 nitrogen and oxygen atoms in total. The molecular weight excluding hydrogens is 309 g/mol. The van der Waals surface area contributed by atoms with Gasteiger partial charge in [0.1, 0.15) is 5.82 Å². The molecule has 0 spiro atoms. The van der Waals surface area contributed by atoms with E-state index in [0.29, 0.717) is 30.0 Å². The normalized spacial score (nSPS) is 30.4. The van der Waals surface area contributed by atoms with Crippen LogP contribution in [0.5, 0.6) is 0 Å². The van der Waals surface area contributed by atoms with E-state index < -0.39 is 11.4 Å². The average molecular weight is 326 g/mol. The minimum Gasteiger partial charge on any atom is -0.481 e. The first-order valence-corrected chi connectivity index (χ1v) is 7.67. The zero-order valence-electron chi connectivity index (χ0n) is 12.2. The van der Waals surface area contributed by atoms with Crippen LogP contribution < -0.4 is 0 Å². The molecule has 1 aromatic carbocycles. The molecule has 1 aromatic rings. The Balaban J connectivity index is 1.71. The van der Waals surface area contributed by atoms with Gasteiger partial charge < -0.3 is 10.0 Å². The first-order chi connectivity index (χ1) is 10.3. The van der Waals surface area contributed by atoms with Crippen LogP contribution in [0, 0.1) is 17.2 Å². The van der Waals surface area contributed by atoms with Crippen LogP contribution in [0.2, 0.25) is 5.02 Å². The maximum absolute atomic E-state index is 13.9. The van der Waals surface area contributed by atoms with Gasteiger partial charge in [-0.05, 0) is 31.9 Å². The molecule has 118 valence electrons. The number of amides is 1. The van der Waals surface area contributed by atoms with Crippen LogP contribution in [0.1, 0.15) is 31.2 Å². The van der Waals surface area contributed by atoms with Gasteiger partial charge in [-0.3, -0.25) is 9.59 Å². The molecular formula is C16H17ClFNO3. The molecule has 3 unspecified atom stereocenters. The van der Waals surface area contributed by atoms with Crippen LogP contribution in [0.15, 0.2) is 18.2 Å². The van der Waals surface area contributed by atoms with Gasteiger partial charge in [0.15, 0.2) is 0 Å². The second-order valence-corrected chi connectivity index (χ2v) is 6.87. The van der Waals surface area contributed by atoms with Crippen LogP contribution in [0.25, 0.3) is 0 Å². The van der Waals surface area contributed by atoms with Gasteiger partial charge >= 0.3 is 5.97 Å². The summed E-state index contributed by atoms with van der Waals surface area (Å²) in [6.07, 6.45) is 1.02. The molecule has 1 aliphatic carbocycles. The van der Waals surface area contributed by atoms with Crippen molar-refractivity contribution in [3.8, 4) is 0 Å². The number of carbonyl (C=O) groups excluding carboxylic acids is 1. The number of rotatable bonds is 3. The van der Waals surface area contributed by atoms with Gasteiger partial charge in [0.25, 0.3) is 0 Å². The fourth-order valence-corrected chi connectivity index (χ4v) is 3.51. The van der Waals surface area contributed by atoms with E-state index in [1.54, 1.807) is 24.0 Å². The molecule has 2 aliphatic rings. The van der Waals surface area contributed by atoms with Crippen molar-refractivity contribution in [1.82, 2.24) is 4.90 Å². The molecule has 6 heteroatoms. The molecule has 1 N–H and O–H groups in total. The fraction of sp³-hybridized carbons (Fsp3) is 0.500. The van der Waals surface area contributed by atoms with Crippen molar-refractivity contribution < 1.29 is 19.1 Å². The van der Waals surface area contributed by atoms with Crippen LogP contribution in [-0.2, 0) is 9.59 Å². The van der Waals surface area contributed by atoms with Gasteiger partial charge in [-0.15, -0.1) is 0 Å². The molecule has 1 aliphatic heterocycles. The molecule has 2 fully saturated rings. The summed E-state index contributed by atoms with van der Waals surface area (Å²) in [5, 5.41) is 9.57. The van der Waals surface area contributed by atoms with Crippen molar-refractivity contribution in [2.75, 3.05) is 13.1 Å². The van der Waals surface area contributed by atoms with E-state index in [-0.39, 0.29) is 30.1 Å². The molecule has 1 saturated heterocycles. The lowest BCUT2D eigenvalue weighted by Gasteiger charge is -2.20. The Kier molecular flexibility index (Phi) is 3.63. The summed E-state index contributed by atoms with van der Waals surface area (Å²) in [5.74, 6) is -1.84. The highest BCUT2D eigenvalue weighted by Crippen LogP contribution is 2.52. The van der Waals surface area contributed by atoms with E-state index in [2.05, 4.69) is 0 Å². The second-order valence-electron chi connectivity index (χ2n) is 6.46. The number of carbonyl (C=O) groups is 2. The molecule has 22 heavy (non-hydrogen) atoms. The summed E-state index contributed by atoms with van der Waals surface area (Å²) < 4.78 is 13.9. The van der Waals surface area contributed by atoms with Crippen molar-refractivity contribution >= 4 is 23.5 Å². The fourth-order valence-electron chi connectivity index (χ4n) is 3.21. The minimum atomic E-state index is -0.882. The Bertz CT molecular complexity index is 630. The van der Waals surface area contributed by atoms with E-state index in [9.17, 15) is 19.1 Å². The number of carboxylic acid groups (broad SMARTS) is 1. The topological polar surface area (TPSA) is 57.6 Å². The highest BCUT2D eigenvalue weighted by Gasteiger charge is 2.51. The first-order valence-electron chi connectivity index (χ1n) is 7.29. The standard InChI is InChI=1S/C16H17ClFNO3/c1-16(15(21)22)5-6-19(8-16)14(20)10-7-9(10)13-11(17)3-2-4-12(13)18/h2-4,9-10H,5-8H2,1H3,(H,21,22). The summed E-state index contributed by atoms with van der Waals surface area (Å²) in [6.45, 7) is 2.31. The molecule has 1 saturated carbocycles. The van der Waals surface area contributed by atoms with Gasteiger partial charge in [-0.1, -0.05) is 17.7 Å². The largest absolute Gasteiger partial charge is 0.481 e. The Morgan fingerprint density at radius 2 is 2.18 bits per heavy atom. The predicted molar refractivity (Wildman–Crippen MR) is 79.2 cm³/mol. The summed E-state index contributed by atoms with van der Waals surface area (Å²) in [5.41, 5.74) is -0.474. The first kappa shape index (κ1) is 15.3. The maximum Gasteiger partial charge on any atom is 0.311 e.